The van der Waals surface area contributed by atoms with Crippen LogP contribution < -0.4 is 0 Å². The number of benzene rings is 1. The van der Waals surface area contributed by atoms with Crippen molar-refractivity contribution in [1.29, 1.82) is 5.41 Å². The van der Waals surface area contributed by atoms with Gasteiger partial charge in [-0.1, -0.05) is 18.2 Å². The van der Waals surface area contributed by atoms with E-state index in [4.69, 9.17) is 10.1 Å². The molecule has 1 fully saturated rings. The molecule has 3 rings (SSSR count). The average molecular weight is 173 g/mol. The van der Waals surface area contributed by atoms with Crippen LogP contribution in [0, 0.1) is 5.41 Å². The highest BCUT2D eigenvalue weighted by molar-refractivity contribution is 5.72. The molecule has 1 aromatic rings. The van der Waals surface area contributed by atoms with Gasteiger partial charge >= 0.3 is 0 Å². The summed E-state index contributed by atoms with van der Waals surface area (Å²) < 4.78 is 5.28. The quantitative estimate of drug-likeness (QED) is 0.539. The molecule has 2 nitrogen and oxygen atoms in total. The van der Waals surface area contributed by atoms with E-state index in [-0.39, 0.29) is 0 Å². The second-order valence-electron chi connectivity index (χ2n) is 3.72. The van der Waals surface area contributed by atoms with Crippen molar-refractivity contribution in [3.8, 4) is 0 Å². The molecule has 0 saturated carbocycles. The van der Waals surface area contributed by atoms with Crippen molar-refractivity contribution < 1.29 is 4.74 Å². The molecule has 2 heteroatoms. The highest BCUT2D eigenvalue weighted by Gasteiger charge is 2.34. The molecule has 13 heavy (non-hydrogen) atoms. The topological polar surface area (TPSA) is 36.4 Å². The van der Waals surface area contributed by atoms with E-state index in [0.717, 1.165) is 13.0 Å². The number of fused-ring (bicyclic) bond motifs is 1. The molecule has 1 aliphatic heterocycles. The predicted molar refractivity (Wildman–Crippen MR) is 50.4 cm³/mol. The number of ether oxygens (including phenoxy) is 1. The zero-order chi connectivity index (χ0) is 8.84. The first-order chi connectivity index (χ1) is 6.40. The molecule has 1 aliphatic carbocycles. The number of hydrogen-bond donors (Lipinski definition) is 1. The van der Waals surface area contributed by atoms with Crippen LogP contribution in [0.25, 0.3) is 0 Å². The molecule has 0 radical (unpaired) electrons. The third-order valence-corrected chi connectivity index (χ3v) is 2.92. The zero-order valence-corrected chi connectivity index (χ0v) is 7.29. The molecule has 1 unspecified atom stereocenters. The molecule has 0 spiro atoms. The van der Waals surface area contributed by atoms with Crippen molar-refractivity contribution in [2.24, 2.45) is 0 Å². The first kappa shape index (κ1) is 7.27. The van der Waals surface area contributed by atoms with Crippen molar-refractivity contribution in [3.05, 3.63) is 34.9 Å². The van der Waals surface area contributed by atoms with E-state index < -0.39 is 0 Å². The Bertz CT molecular complexity index is 368. The van der Waals surface area contributed by atoms with Gasteiger partial charge in [-0.05, 0) is 23.1 Å². The van der Waals surface area contributed by atoms with Crippen LogP contribution >= 0.6 is 0 Å². The molecule has 1 heterocycles. The Hall–Kier alpha value is -1.15. The van der Waals surface area contributed by atoms with Gasteiger partial charge in [0.15, 0.2) is 0 Å². The highest BCUT2D eigenvalue weighted by atomic mass is 16.6. The summed E-state index contributed by atoms with van der Waals surface area (Å²) in [7, 11) is 0. The van der Waals surface area contributed by atoms with Crippen molar-refractivity contribution in [2.75, 3.05) is 6.61 Å². The SMILES string of the molecule is N=CC1Cc2cccc([C@@H]3CO3)c21. The van der Waals surface area contributed by atoms with Crippen molar-refractivity contribution >= 4 is 6.21 Å². The van der Waals surface area contributed by atoms with Gasteiger partial charge in [-0.3, -0.25) is 0 Å². The number of nitrogens with one attached hydrogen (secondary N) is 1. The van der Waals surface area contributed by atoms with E-state index in [1.165, 1.54) is 16.7 Å². The van der Waals surface area contributed by atoms with Crippen LogP contribution in [0.3, 0.4) is 0 Å². The summed E-state index contributed by atoms with van der Waals surface area (Å²) in [6, 6.07) is 6.38. The Balaban J connectivity index is 2.09. The molecular weight excluding hydrogens is 162 g/mol. The monoisotopic (exact) mass is 173 g/mol. The van der Waals surface area contributed by atoms with E-state index in [0.29, 0.717) is 12.0 Å². The predicted octanol–water partition coefficient (Wildman–Crippen LogP) is 2.05. The van der Waals surface area contributed by atoms with E-state index in [9.17, 15) is 0 Å². The van der Waals surface area contributed by atoms with Gasteiger partial charge in [-0.15, -0.1) is 0 Å². The van der Waals surface area contributed by atoms with Crippen LogP contribution in [0.4, 0.5) is 0 Å². The highest BCUT2D eigenvalue weighted by Crippen LogP contribution is 2.43. The molecule has 66 valence electrons. The molecular formula is C11H11NO. The van der Waals surface area contributed by atoms with Crippen molar-refractivity contribution in [1.82, 2.24) is 0 Å². The Morgan fingerprint density at radius 1 is 1.46 bits per heavy atom. The van der Waals surface area contributed by atoms with Gasteiger partial charge in [0.2, 0.25) is 0 Å². The van der Waals surface area contributed by atoms with E-state index >= 15 is 0 Å². The summed E-state index contributed by atoms with van der Waals surface area (Å²) in [6.07, 6.45) is 2.92. The summed E-state index contributed by atoms with van der Waals surface area (Å²) in [5, 5.41) is 7.28. The summed E-state index contributed by atoms with van der Waals surface area (Å²) >= 11 is 0. The molecule has 1 N–H and O–H groups in total. The molecule has 0 bridgehead atoms. The lowest BCUT2D eigenvalue weighted by Crippen LogP contribution is -2.20. The Kier molecular flexibility index (Phi) is 1.35. The lowest BCUT2D eigenvalue weighted by atomic mass is 9.75. The number of hydrogen-bond acceptors (Lipinski definition) is 2. The molecule has 0 amide bonds. The van der Waals surface area contributed by atoms with Crippen molar-refractivity contribution in [3.63, 3.8) is 0 Å². The maximum Gasteiger partial charge on any atom is 0.106 e. The summed E-state index contributed by atoms with van der Waals surface area (Å²) in [4.78, 5) is 0. The third-order valence-electron chi connectivity index (χ3n) is 2.92. The second-order valence-corrected chi connectivity index (χ2v) is 3.72. The van der Waals surface area contributed by atoms with Crippen LogP contribution in [0.1, 0.15) is 28.7 Å². The van der Waals surface area contributed by atoms with Crippen LogP contribution in [0.15, 0.2) is 18.2 Å². The molecule has 2 atom stereocenters. The van der Waals surface area contributed by atoms with Crippen molar-refractivity contribution in [2.45, 2.75) is 18.4 Å². The third kappa shape index (κ3) is 0.954. The normalized spacial score (nSPS) is 28.9. The van der Waals surface area contributed by atoms with Crippen LogP contribution in [-0.4, -0.2) is 12.8 Å². The fourth-order valence-electron chi connectivity index (χ4n) is 2.12. The van der Waals surface area contributed by atoms with Gasteiger partial charge in [-0.2, -0.15) is 0 Å². The largest absolute Gasteiger partial charge is 0.368 e. The smallest absolute Gasteiger partial charge is 0.106 e. The average Bonchev–Trinajstić information content (AvgIpc) is 2.89. The molecule has 1 aromatic carbocycles. The summed E-state index contributed by atoms with van der Waals surface area (Å²) in [5.41, 5.74) is 4.08. The minimum atomic E-state index is 0.331. The maximum absolute atomic E-state index is 7.28. The van der Waals surface area contributed by atoms with Crippen LogP contribution in [0.5, 0.6) is 0 Å². The van der Waals surface area contributed by atoms with Crippen LogP contribution in [0.2, 0.25) is 0 Å². The Morgan fingerprint density at radius 3 is 3.00 bits per heavy atom. The lowest BCUT2D eigenvalue weighted by molar-refractivity contribution is 0.413. The zero-order valence-electron chi connectivity index (χ0n) is 7.29. The first-order valence-electron chi connectivity index (χ1n) is 4.64. The second kappa shape index (κ2) is 2.42. The van der Waals surface area contributed by atoms with E-state index in [1.54, 1.807) is 6.21 Å². The van der Waals surface area contributed by atoms with E-state index in [2.05, 4.69) is 18.2 Å². The lowest BCUT2D eigenvalue weighted by Gasteiger charge is -2.29. The molecule has 2 aliphatic rings. The minimum absolute atomic E-state index is 0.331. The minimum Gasteiger partial charge on any atom is -0.368 e. The summed E-state index contributed by atoms with van der Waals surface area (Å²) in [6.45, 7) is 0.862. The van der Waals surface area contributed by atoms with Crippen LogP contribution in [-0.2, 0) is 11.2 Å². The van der Waals surface area contributed by atoms with Gasteiger partial charge in [0, 0.05) is 12.1 Å². The van der Waals surface area contributed by atoms with Gasteiger partial charge in [-0.25, -0.2) is 0 Å². The van der Waals surface area contributed by atoms with Gasteiger partial charge in [0.1, 0.15) is 6.10 Å². The standard InChI is InChI=1S/C11H11NO/c12-5-8-4-7-2-1-3-9(11(7)8)10-6-13-10/h1-3,5,8,10,12H,4,6H2/t8?,10-/m0/s1. The number of rotatable bonds is 2. The fourth-order valence-corrected chi connectivity index (χ4v) is 2.12. The maximum atomic E-state index is 7.28. The molecule has 1 saturated heterocycles. The van der Waals surface area contributed by atoms with Gasteiger partial charge < -0.3 is 10.1 Å². The first-order valence-corrected chi connectivity index (χ1v) is 4.64. The Morgan fingerprint density at radius 2 is 2.31 bits per heavy atom. The number of epoxide rings is 1. The van der Waals surface area contributed by atoms with E-state index in [1.807, 2.05) is 0 Å². The molecule has 0 aromatic heterocycles. The summed E-state index contributed by atoms with van der Waals surface area (Å²) in [5.74, 6) is 0.357. The fraction of sp³-hybridized carbons (Fsp3) is 0.364. The Labute approximate surface area is 77.0 Å². The van der Waals surface area contributed by atoms with Gasteiger partial charge in [0.25, 0.3) is 0 Å². The van der Waals surface area contributed by atoms with Gasteiger partial charge in [0.05, 0.1) is 6.61 Å².